The highest BCUT2D eigenvalue weighted by atomic mass is 32.2. The Morgan fingerprint density at radius 3 is 3.18 bits per heavy atom. The standard InChI is InChI=1S/C10H14N2O3S2/c13-10(14)9-3-7(15-12-9)4-11-5-8-6-16-1-2-17-8/h3,8,11H,1-2,4-6H2,(H,13,14). The van der Waals surface area contributed by atoms with Gasteiger partial charge in [0.25, 0.3) is 0 Å². The van der Waals surface area contributed by atoms with Crippen LogP contribution < -0.4 is 5.32 Å². The maximum absolute atomic E-state index is 10.6. The van der Waals surface area contributed by atoms with Gasteiger partial charge in [0.05, 0.1) is 6.54 Å². The van der Waals surface area contributed by atoms with E-state index in [1.165, 1.54) is 23.3 Å². The zero-order valence-corrected chi connectivity index (χ0v) is 10.9. The number of hydrogen-bond donors (Lipinski definition) is 2. The Balaban J connectivity index is 1.71. The normalized spacial score (nSPS) is 20.4. The minimum atomic E-state index is -1.06. The summed E-state index contributed by atoms with van der Waals surface area (Å²) in [4.78, 5) is 10.6. The number of nitrogens with zero attached hydrogens (tertiary/aromatic N) is 1. The van der Waals surface area contributed by atoms with Crippen LogP contribution in [-0.4, -0.2) is 45.3 Å². The fourth-order valence-electron chi connectivity index (χ4n) is 1.51. The molecule has 5 nitrogen and oxygen atoms in total. The fourth-order valence-corrected chi connectivity index (χ4v) is 4.15. The minimum Gasteiger partial charge on any atom is -0.476 e. The lowest BCUT2D eigenvalue weighted by Crippen LogP contribution is -2.28. The van der Waals surface area contributed by atoms with Crippen LogP contribution in [0.25, 0.3) is 0 Å². The van der Waals surface area contributed by atoms with E-state index in [1.807, 2.05) is 23.5 Å². The first-order valence-electron chi connectivity index (χ1n) is 5.34. The lowest BCUT2D eigenvalue weighted by Gasteiger charge is -2.20. The summed E-state index contributed by atoms with van der Waals surface area (Å²) in [5.41, 5.74) is -0.0376. The van der Waals surface area contributed by atoms with Crippen molar-refractivity contribution in [3.05, 3.63) is 17.5 Å². The number of hydrogen-bond acceptors (Lipinski definition) is 6. The highest BCUT2D eigenvalue weighted by Gasteiger charge is 2.14. The van der Waals surface area contributed by atoms with Crippen LogP contribution in [0.4, 0.5) is 0 Å². The van der Waals surface area contributed by atoms with Gasteiger partial charge in [0.1, 0.15) is 0 Å². The molecule has 1 aromatic rings. The monoisotopic (exact) mass is 274 g/mol. The summed E-state index contributed by atoms with van der Waals surface area (Å²) in [6.45, 7) is 1.45. The van der Waals surface area contributed by atoms with Crippen molar-refractivity contribution in [3.8, 4) is 0 Å². The number of aromatic nitrogens is 1. The van der Waals surface area contributed by atoms with Crippen LogP contribution in [-0.2, 0) is 6.54 Å². The van der Waals surface area contributed by atoms with Gasteiger partial charge in [-0.2, -0.15) is 23.5 Å². The molecule has 0 amide bonds. The third-order valence-electron chi connectivity index (χ3n) is 2.33. The largest absolute Gasteiger partial charge is 0.476 e. The molecule has 0 aromatic carbocycles. The Morgan fingerprint density at radius 1 is 1.65 bits per heavy atom. The van der Waals surface area contributed by atoms with Crippen molar-refractivity contribution in [3.63, 3.8) is 0 Å². The van der Waals surface area contributed by atoms with E-state index in [4.69, 9.17) is 9.63 Å². The van der Waals surface area contributed by atoms with Crippen molar-refractivity contribution in [2.24, 2.45) is 0 Å². The number of carboxylic acids is 1. The molecule has 1 fully saturated rings. The maximum atomic E-state index is 10.6. The van der Waals surface area contributed by atoms with Gasteiger partial charge in [-0.05, 0) is 0 Å². The number of aromatic carboxylic acids is 1. The van der Waals surface area contributed by atoms with Gasteiger partial charge in [0, 0.05) is 35.1 Å². The molecule has 1 unspecified atom stereocenters. The zero-order valence-electron chi connectivity index (χ0n) is 9.22. The molecule has 0 bridgehead atoms. The molecule has 1 atom stereocenters. The number of nitrogens with one attached hydrogen (secondary N) is 1. The number of carboxylic acid groups (broad SMARTS) is 1. The third-order valence-corrected chi connectivity index (χ3v) is 5.18. The van der Waals surface area contributed by atoms with Crippen molar-refractivity contribution in [1.29, 1.82) is 0 Å². The van der Waals surface area contributed by atoms with Gasteiger partial charge in [-0.1, -0.05) is 5.16 Å². The lowest BCUT2D eigenvalue weighted by molar-refractivity contribution is 0.0685. The molecular weight excluding hydrogens is 260 g/mol. The lowest BCUT2D eigenvalue weighted by atomic mass is 10.3. The third kappa shape index (κ3) is 3.93. The summed E-state index contributed by atoms with van der Waals surface area (Å²) in [7, 11) is 0. The number of rotatable bonds is 5. The first-order valence-corrected chi connectivity index (χ1v) is 7.55. The Morgan fingerprint density at radius 2 is 2.53 bits per heavy atom. The first-order chi connectivity index (χ1) is 8.25. The van der Waals surface area contributed by atoms with Crippen LogP contribution in [0.5, 0.6) is 0 Å². The summed E-state index contributed by atoms with van der Waals surface area (Å²) in [6, 6.07) is 1.46. The predicted molar refractivity (Wildman–Crippen MR) is 68.7 cm³/mol. The van der Waals surface area contributed by atoms with Crippen molar-refractivity contribution in [2.45, 2.75) is 11.8 Å². The van der Waals surface area contributed by atoms with Gasteiger partial charge < -0.3 is 14.9 Å². The van der Waals surface area contributed by atoms with E-state index < -0.39 is 5.97 Å². The highest BCUT2D eigenvalue weighted by molar-refractivity contribution is 8.06. The van der Waals surface area contributed by atoms with Crippen LogP contribution in [0.15, 0.2) is 10.6 Å². The van der Waals surface area contributed by atoms with E-state index in [0.29, 0.717) is 17.6 Å². The van der Waals surface area contributed by atoms with E-state index in [1.54, 1.807) is 0 Å². The fraction of sp³-hybridized carbons (Fsp3) is 0.600. The summed E-state index contributed by atoms with van der Waals surface area (Å²) in [5.74, 6) is 3.14. The van der Waals surface area contributed by atoms with Crippen LogP contribution in [0.3, 0.4) is 0 Å². The van der Waals surface area contributed by atoms with Gasteiger partial charge in [0.2, 0.25) is 0 Å². The van der Waals surface area contributed by atoms with Crippen LogP contribution in [0, 0.1) is 0 Å². The van der Waals surface area contributed by atoms with E-state index in [2.05, 4.69) is 10.5 Å². The summed E-state index contributed by atoms with van der Waals surface area (Å²) >= 11 is 3.97. The maximum Gasteiger partial charge on any atom is 0.358 e. The molecule has 1 aromatic heterocycles. The molecule has 1 aliphatic heterocycles. The molecule has 2 heterocycles. The quantitative estimate of drug-likeness (QED) is 0.838. The van der Waals surface area contributed by atoms with Crippen LogP contribution in [0.2, 0.25) is 0 Å². The highest BCUT2D eigenvalue weighted by Crippen LogP contribution is 2.23. The summed E-state index contributed by atoms with van der Waals surface area (Å²) in [6.07, 6.45) is 0. The van der Waals surface area contributed by atoms with Crippen molar-refractivity contribution in [2.75, 3.05) is 23.8 Å². The topological polar surface area (TPSA) is 75.4 Å². The van der Waals surface area contributed by atoms with E-state index in [-0.39, 0.29) is 5.69 Å². The Hall–Kier alpha value is -0.660. The minimum absolute atomic E-state index is 0.0376. The van der Waals surface area contributed by atoms with E-state index >= 15 is 0 Å². The predicted octanol–water partition coefficient (Wildman–Crippen LogP) is 1.31. The molecule has 17 heavy (non-hydrogen) atoms. The zero-order chi connectivity index (χ0) is 12.1. The Labute approximate surface area is 108 Å². The Kier molecular flexibility index (Phi) is 4.75. The molecule has 1 saturated heterocycles. The Bertz CT molecular complexity index is 377. The SMILES string of the molecule is O=C(O)c1cc(CNCC2CSCCS2)on1. The second-order valence-corrected chi connectivity index (χ2v) is 6.24. The number of carbonyl (C=O) groups is 1. The van der Waals surface area contributed by atoms with Crippen molar-refractivity contribution >= 4 is 29.5 Å². The molecule has 0 radical (unpaired) electrons. The van der Waals surface area contributed by atoms with Crippen LogP contribution >= 0.6 is 23.5 Å². The molecular formula is C10H14N2O3S2. The van der Waals surface area contributed by atoms with Gasteiger partial charge in [0.15, 0.2) is 11.5 Å². The second kappa shape index (κ2) is 6.32. The first kappa shape index (κ1) is 12.8. The molecule has 0 spiro atoms. The molecule has 94 valence electrons. The van der Waals surface area contributed by atoms with Gasteiger partial charge in [-0.25, -0.2) is 4.79 Å². The molecule has 2 rings (SSSR count). The van der Waals surface area contributed by atoms with E-state index in [0.717, 1.165) is 6.54 Å². The molecule has 0 aliphatic carbocycles. The van der Waals surface area contributed by atoms with Crippen molar-refractivity contribution in [1.82, 2.24) is 10.5 Å². The average Bonchev–Trinajstić information content (AvgIpc) is 2.79. The smallest absolute Gasteiger partial charge is 0.358 e. The van der Waals surface area contributed by atoms with Gasteiger partial charge in [-0.15, -0.1) is 0 Å². The van der Waals surface area contributed by atoms with Gasteiger partial charge >= 0.3 is 5.97 Å². The van der Waals surface area contributed by atoms with Crippen LogP contribution in [0.1, 0.15) is 16.2 Å². The molecule has 7 heteroatoms. The molecule has 2 N–H and O–H groups in total. The van der Waals surface area contributed by atoms with Gasteiger partial charge in [-0.3, -0.25) is 0 Å². The van der Waals surface area contributed by atoms with E-state index in [9.17, 15) is 4.79 Å². The number of thioether (sulfide) groups is 2. The summed E-state index contributed by atoms with van der Waals surface area (Å²) in [5, 5.41) is 16.0. The second-order valence-electron chi connectivity index (χ2n) is 3.68. The average molecular weight is 274 g/mol. The molecule has 0 saturated carbocycles. The van der Waals surface area contributed by atoms with Crippen molar-refractivity contribution < 1.29 is 14.4 Å². The molecule has 1 aliphatic rings. The summed E-state index contributed by atoms with van der Waals surface area (Å²) < 4.78 is 4.91.